The van der Waals surface area contributed by atoms with Crippen molar-refractivity contribution in [2.45, 2.75) is 71.1 Å². The third-order valence-electron chi connectivity index (χ3n) is 6.14. The number of aliphatic imine (C=N–C) groups is 1. The highest BCUT2D eigenvalue weighted by Gasteiger charge is 2.17. The number of nitrogens with zero attached hydrogens (tertiary/aromatic N) is 5. The van der Waals surface area contributed by atoms with Gasteiger partial charge in [-0.05, 0) is 45.7 Å². The minimum Gasteiger partial charge on any atom is -0.356 e. The minimum atomic E-state index is 0.479. The molecule has 7 heteroatoms. The highest BCUT2D eigenvalue weighted by molar-refractivity contribution is 5.80. The Balaban J connectivity index is 1.51. The molecule has 1 fully saturated rings. The van der Waals surface area contributed by atoms with Gasteiger partial charge in [0.1, 0.15) is 12.4 Å². The van der Waals surface area contributed by atoms with Crippen LogP contribution in [-0.4, -0.2) is 51.3 Å². The molecule has 1 aliphatic rings. The Kier molecular flexibility index (Phi) is 8.25. The van der Waals surface area contributed by atoms with Crippen LogP contribution < -0.4 is 10.6 Å². The fourth-order valence-electron chi connectivity index (χ4n) is 3.80. The van der Waals surface area contributed by atoms with E-state index in [1.807, 2.05) is 18.5 Å². The number of benzene rings is 1. The summed E-state index contributed by atoms with van der Waals surface area (Å²) in [6, 6.07) is 11.6. The van der Waals surface area contributed by atoms with Crippen molar-refractivity contribution < 1.29 is 0 Å². The van der Waals surface area contributed by atoms with Gasteiger partial charge >= 0.3 is 0 Å². The van der Waals surface area contributed by atoms with E-state index in [-0.39, 0.29) is 0 Å². The molecule has 1 saturated carbocycles. The number of hydrogen-bond acceptors (Lipinski definition) is 4. The van der Waals surface area contributed by atoms with Crippen LogP contribution in [-0.2, 0) is 20.1 Å². The SMILES string of the molecule is Cc1nnc(CN=C(NCCC(C)N(C)Cc2ccccc2)NC2CCCC2)n1C. The Hall–Kier alpha value is -2.41. The van der Waals surface area contributed by atoms with Crippen LogP contribution in [0.25, 0.3) is 0 Å². The van der Waals surface area contributed by atoms with Gasteiger partial charge in [-0.3, -0.25) is 4.90 Å². The second-order valence-corrected chi connectivity index (χ2v) is 8.48. The standard InChI is InChI=1S/C23H37N7/c1-18(29(3)17-20-10-6-5-7-11-20)14-15-24-23(26-21-12-8-9-13-21)25-16-22-28-27-19(2)30(22)4/h5-7,10-11,18,21H,8-9,12-17H2,1-4H3,(H2,24,25,26). The molecule has 1 unspecified atom stereocenters. The molecular formula is C23H37N7. The molecule has 0 spiro atoms. The van der Waals surface area contributed by atoms with Gasteiger partial charge in [0.05, 0.1) is 0 Å². The zero-order valence-electron chi connectivity index (χ0n) is 18.9. The van der Waals surface area contributed by atoms with Crippen molar-refractivity contribution in [3.63, 3.8) is 0 Å². The molecule has 1 heterocycles. The zero-order chi connectivity index (χ0) is 21.3. The molecule has 2 N–H and O–H groups in total. The summed E-state index contributed by atoms with van der Waals surface area (Å²) in [5.74, 6) is 2.69. The van der Waals surface area contributed by atoms with Crippen molar-refractivity contribution in [1.82, 2.24) is 30.3 Å². The molecule has 3 rings (SSSR count). The Morgan fingerprint density at radius 1 is 1.23 bits per heavy atom. The number of nitrogens with one attached hydrogen (secondary N) is 2. The van der Waals surface area contributed by atoms with Crippen molar-refractivity contribution >= 4 is 5.96 Å². The second-order valence-electron chi connectivity index (χ2n) is 8.48. The maximum absolute atomic E-state index is 4.80. The highest BCUT2D eigenvalue weighted by Crippen LogP contribution is 2.17. The van der Waals surface area contributed by atoms with Gasteiger partial charge in [0.15, 0.2) is 11.8 Å². The first-order valence-corrected chi connectivity index (χ1v) is 11.2. The normalized spacial score (nSPS) is 16.2. The lowest BCUT2D eigenvalue weighted by Crippen LogP contribution is -2.44. The minimum absolute atomic E-state index is 0.479. The maximum atomic E-state index is 4.80. The monoisotopic (exact) mass is 411 g/mol. The Bertz CT molecular complexity index is 793. The number of hydrogen-bond donors (Lipinski definition) is 2. The summed E-state index contributed by atoms with van der Waals surface area (Å²) in [4.78, 5) is 7.20. The van der Waals surface area contributed by atoms with E-state index in [4.69, 9.17) is 4.99 Å². The summed E-state index contributed by atoms with van der Waals surface area (Å²) in [6.07, 6.45) is 6.10. The molecule has 1 aromatic heterocycles. The molecule has 0 radical (unpaired) electrons. The molecule has 0 bridgehead atoms. The third-order valence-corrected chi connectivity index (χ3v) is 6.14. The average molecular weight is 412 g/mol. The van der Waals surface area contributed by atoms with Gasteiger partial charge in [0.25, 0.3) is 0 Å². The van der Waals surface area contributed by atoms with Gasteiger partial charge < -0.3 is 15.2 Å². The van der Waals surface area contributed by atoms with E-state index in [0.29, 0.717) is 18.6 Å². The van der Waals surface area contributed by atoms with Gasteiger partial charge in [0.2, 0.25) is 0 Å². The molecule has 164 valence electrons. The van der Waals surface area contributed by atoms with E-state index in [0.717, 1.165) is 37.1 Å². The Labute approximate surface area is 181 Å². The summed E-state index contributed by atoms with van der Waals surface area (Å²) in [5, 5.41) is 15.5. The molecule has 1 aromatic carbocycles. The molecule has 0 aliphatic heterocycles. The topological polar surface area (TPSA) is 70.4 Å². The molecule has 30 heavy (non-hydrogen) atoms. The van der Waals surface area contributed by atoms with Crippen LogP contribution >= 0.6 is 0 Å². The zero-order valence-corrected chi connectivity index (χ0v) is 18.9. The third kappa shape index (κ3) is 6.55. The van der Waals surface area contributed by atoms with E-state index in [9.17, 15) is 0 Å². The first-order valence-electron chi connectivity index (χ1n) is 11.2. The van der Waals surface area contributed by atoms with Gasteiger partial charge in [-0.2, -0.15) is 0 Å². The lowest BCUT2D eigenvalue weighted by Gasteiger charge is -2.25. The van der Waals surface area contributed by atoms with Crippen molar-refractivity contribution in [3.05, 3.63) is 47.5 Å². The van der Waals surface area contributed by atoms with Crippen molar-refractivity contribution in [1.29, 1.82) is 0 Å². The van der Waals surface area contributed by atoms with E-state index in [1.165, 1.54) is 31.2 Å². The second kappa shape index (κ2) is 11.1. The molecule has 1 atom stereocenters. The van der Waals surface area contributed by atoms with Gasteiger partial charge in [-0.15, -0.1) is 10.2 Å². The molecular weight excluding hydrogens is 374 g/mol. The van der Waals surface area contributed by atoms with Crippen LogP contribution in [0.1, 0.15) is 56.2 Å². The van der Waals surface area contributed by atoms with Crippen LogP contribution in [0.2, 0.25) is 0 Å². The van der Waals surface area contributed by atoms with E-state index >= 15 is 0 Å². The first kappa shape index (κ1) is 22.3. The molecule has 0 amide bonds. The van der Waals surface area contributed by atoms with Crippen LogP contribution in [0.3, 0.4) is 0 Å². The first-order chi connectivity index (χ1) is 14.5. The molecule has 0 saturated heterocycles. The Morgan fingerprint density at radius 3 is 2.63 bits per heavy atom. The summed E-state index contributed by atoms with van der Waals surface area (Å²) < 4.78 is 2.00. The molecule has 2 aromatic rings. The van der Waals surface area contributed by atoms with E-state index < -0.39 is 0 Å². The van der Waals surface area contributed by atoms with Gasteiger partial charge in [0, 0.05) is 32.2 Å². The van der Waals surface area contributed by atoms with Crippen molar-refractivity contribution in [2.24, 2.45) is 12.0 Å². The smallest absolute Gasteiger partial charge is 0.191 e. The van der Waals surface area contributed by atoms with Crippen LogP contribution in [0, 0.1) is 6.92 Å². The lowest BCUT2D eigenvalue weighted by atomic mass is 10.1. The predicted octanol–water partition coefficient (Wildman–Crippen LogP) is 3.01. The summed E-state index contributed by atoms with van der Waals surface area (Å²) in [6.45, 7) is 6.63. The van der Waals surface area contributed by atoms with Crippen LogP contribution in [0.5, 0.6) is 0 Å². The lowest BCUT2D eigenvalue weighted by molar-refractivity contribution is 0.238. The summed E-state index contributed by atoms with van der Waals surface area (Å²) in [5.41, 5.74) is 1.35. The van der Waals surface area contributed by atoms with Crippen LogP contribution in [0.4, 0.5) is 0 Å². The maximum Gasteiger partial charge on any atom is 0.191 e. The number of aromatic nitrogens is 3. The number of guanidine groups is 1. The average Bonchev–Trinajstić information content (AvgIpc) is 3.37. The summed E-state index contributed by atoms with van der Waals surface area (Å²) >= 11 is 0. The van der Waals surface area contributed by atoms with Crippen molar-refractivity contribution in [2.75, 3.05) is 13.6 Å². The Morgan fingerprint density at radius 2 is 1.97 bits per heavy atom. The highest BCUT2D eigenvalue weighted by atomic mass is 15.3. The largest absolute Gasteiger partial charge is 0.356 e. The van der Waals surface area contributed by atoms with E-state index in [1.54, 1.807) is 0 Å². The fraction of sp³-hybridized carbons (Fsp3) is 0.609. The molecule has 7 nitrogen and oxygen atoms in total. The quantitative estimate of drug-likeness (QED) is 0.490. The van der Waals surface area contributed by atoms with Gasteiger partial charge in [-0.25, -0.2) is 4.99 Å². The fourth-order valence-corrected chi connectivity index (χ4v) is 3.80. The molecule has 1 aliphatic carbocycles. The summed E-state index contributed by atoms with van der Waals surface area (Å²) in [7, 11) is 4.18. The number of rotatable bonds is 9. The number of aryl methyl sites for hydroxylation is 1. The van der Waals surface area contributed by atoms with Gasteiger partial charge in [-0.1, -0.05) is 43.2 Å². The van der Waals surface area contributed by atoms with Crippen LogP contribution in [0.15, 0.2) is 35.3 Å². The predicted molar refractivity (Wildman–Crippen MR) is 122 cm³/mol. The van der Waals surface area contributed by atoms with Crippen molar-refractivity contribution in [3.8, 4) is 0 Å². The van der Waals surface area contributed by atoms with E-state index in [2.05, 4.69) is 70.0 Å².